The van der Waals surface area contributed by atoms with E-state index in [9.17, 15) is 0 Å². The third kappa shape index (κ3) is 2.75. The molecule has 1 atom stereocenters. The molecule has 1 aromatic carbocycles. The highest BCUT2D eigenvalue weighted by Gasteiger charge is 2.22. The first-order chi connectivity index (χ1) is 9.17. The zero-order chi connectivity index (χ0) is 13.8. The lowest BCUT2D eigenvalue weighted by atomic mass is 9.46. The highest BCUT2D eigenvalue weighted by molar-refractivity contribution is 7.84. The van der Waals surface area contributed by atoms with Gasteiger partial charge in [0.15, 0.2) is 0 Å². The lowest BCUT2D eigenvalue weighted by Gasteiger charge is -2.18. The van der Waals surface area contributed by atoms with Crippen molar-refractivity contribution in [3.8, 4) is 11.9 Å². The summed E-state index contributed by atoms with van der Waals surface area (Å²) in [5.74, 6) is 4.55. The molecule has 0 fully saturated rings. The maximum atomic E-state index is 9.08. The quantitative estimate of drug-likeness (QED) is 0.659. The van der Waals surface area contributed by atoms with E-state index in [1.54, 1.807) is 0 Å². The second-order valence-electron chi connectivity index (χ2n) is 4.68. The fourth-order valence-electron chi connectivity index (χ4n) is 2.25. The summed E-state index contributed by atoms with van der Waals surface area (Å²) < 4.78 is 0. The minimum atomic E-state index is -0.738. The zero-order valence-electron chi connectivity index (χ0n) is 10.7. The first-order valence-electron chi connectivity index (χ1n) is 6.16. The molecule has 0 N–H and O–H groups in total. The molecule has 2 rings (SSSR count). The first kappa shape index (κ1) is 13.5. The van der Waals surface area contributed by atoms with E-state index in [4.69, 9.17) is 10.5 Å². The Balaban J connectivity index is 2.54. The van der Waals surface area contributed by atoms with Crippen LogP contribution in [0.1, 0.15) is 18.9 Å². The molecule has 0 aromatic heterocycles. The van der Waals surface area contributed by atoms with E-state index in [1.165, 1.54) is 0 Å². The van der Waals surface area contributed by atoms with Gasteiger partial charge in [0.1, 0.15) is 0 Å². The fraction of sp³-hybridized carbons (Fsp3) is 0.200. The Morgan fingerprint density at radius 2 is 1.95 bits per heavy atom. The Labute approximate surface area is 119 Å². The van der Waals surface area contributed by atoms with Gasteiger partial charge in [-0.05, 0) is 33.8 Å². The van der Waals surface area contributed by atoms with Crippen molar-refractivity contribution in [2.24, 2.45) is 5.92 Å². The number of rotatable bonds is 2. The van der Waals surface area contributed by atoms with Crippen LogP contribution in [0, 0.1) is 28.4 Å². The van der Waals surface area contributed by atoms with Crippen LogP contribution in [0.15, 0.2) is 41.3 Å². The van der Waals surface area contributed by atoms with E-state index in [0.717, 1.165) is 27.9 Å². The number of thiol groups is 1. The van der Waals surface area contributed by atoms with Crippen molar-refractivity contribution in [1.29, 1.82) is 10.5 Å². The molecule has 92 valence electrons. The van der Waals surface area contributed by atoms with Gasteiger partial charge in [-0.15, -0.1) is 12.6 Å². The van der Waals surface area contributed by atoms with E-state index in [1.807, 2.05) is 42.3 Å². The van der Waals surface area contributed by atoms with Gasteiger partial charge in [0.2, 0.25) is 0 Å². The summed E-state index contributed by atoms with van der Waals surface area (Å²) in [7, 11) is 0. The summed E-state index contributed by atoms with van der Waals surface area (Å²) in [5, 5.41) is 18.2. The van der Waals surface area contributed by atoms with E-state index in [-0.39, 0.29) is 0 Å². The summed E-state index contributed by atoms with van der Waals surface area (Å²) in [5.41, 5.74) is 2.71. The molecule has 0 bridgehead atoms. The van der Waals surface area contributed by atoms with Crippen LogP contribution in [0.4, 0.5) is 0 Å². The maximum Gasteiger partial charge on any atom is 0.418 e. The van der Waals surface area contributed by atoms with Gasteiger partial charge in [-0.3, -0.25) is 0 Å². The van der Waals surface area contributed by atoms with Gasteiger partial charge in [0.25, 0.3) is 0 Å². The predicted octanol–water partition coefficient (Wildman–Crippen LogP) is 2.75. The SMILES string of the molecule is CC1C=CC(c2ccccc2B(C#N)C#N)=C(S)C1. The molecule has 1 aliphatic carbocycles. The van der Waals surface area contributed by atoms with Gasteiger partial charge in [-0.1, -0.05) is 43.3 Å². The van der Waals surface area contributed by atoms with Crippen molar-refractivity contribution >= 4 is 30.4 Å². The average Bonchev–Trinajstić information content (AvgIpc) is 2.41. The van der Waals surface area contributed by atoms with Crippen molar-refractivity contribution in [1.82, 2.24) is 0 Å². The highest BCUT2D eigenvalue weighted by Crippen LogP contribution is 2.31. The molecule has 0 radical (unpaired) electrons. The van der Waals surface area contributed by atoms with Crippen LogP contribution in [-0.2, 0) is 0 Å². The van der Waals surface area contributed by atoms with Crippen LogP contribution in [0.25, 0.3) is 5.57 Å². The molecular formula is C15H13BN2S. The third-order valence-electron chi connectivity index (χ3n) is 3.24. The van der Waals surface area contributed by atoms with Crippen molar-refractivity contribution in [3.05, 3.63) is 46.9 Å². The molecular weight excluding hydrogens is 251 g/mol. The number of benzene rings is 1. The largest absolute Gasteiger partial charge is 0.418 e. The number of allylic oxidation sites excluding steroid dienone is 4. The zero-order valence-corrected chi connectivity index (χ0v) is 11.6. The molecule has 2 nitrogen and oxygen atoms in total. The Bertz CT molecular complexity index is 620. The Hall–Kier alpha value is -1.91. The van der Waals surface area contributed by atoms with Gasteiger partial charge < -0.3 is 0 Å². The minimum Gasteiger partial charge on any atom is -0.210 e. The van der Waals surface area contributed by atoms with Crippen molar-refractivity contribution in [3.63, 3.8) is 0 Å². The third-order valence-corrected chi connectivity index (χ3v) is 3.66. The molecule has 0 heterocycles. The Morgan fingerprint density at radius 1 is 1.26 bits per heavy atom. The molecule has 1 aliphatic rings. The summed E-state index contributed by atoms with van der Waals surface area (Å²) in [6.45, 7) is 1.40. The van der Waals surface area contributed by atoms with E-state index in [2.05, 4.69) is 25.6 Å². The molecule has 1 unspecified atom stereocenters. The van der Waals surface area contributed by atoms with Crippen LogP contribution in [0.3, 0.4) is 0 Å². The molecule has 0 saturated carbocycles. The fourth-order valence-corrected chi connectivity index (χ4v) is 2.73. The lowest BCUT2D eigenvalue weighted by Crippen LogP contribution is -2.30. The molecule has 0 saturated heterocycles. The molecule has 0 amide bonds. The Morgan fingerprint density at radius 3 is 2.58 bits per heavy atom. The molecule has 0 aliphatic heterocycles. The van der Waals surface area contributed by atoms with Gasteiger partial charge in [-0.25, -0.2) is 10.5 Å². The number of nitriles is 2. The van der Waals surface area contributed by atoms with Crippen LogP contribution < -0.4 is 5.46 Å². The van der Waals surface area contributed by atoms with Crippen molar-refractivity contribution in [2.45, 2.75) is 13.3 Å². The minimum absolute atomic E-state index is 0.478. The van der Waals surface area contributed by atoms with E-state index >= 15 is 0 Å². The summed E-state index contributed by atoms with van der Waals surface area (Å²) in [6, 6.07) is 7.56. The molecule has 4 heteroatoms. The number of hydrogen-bond donors (Lipinski definition) is 1. The van der Waals surface area contributed by atoms with Crippen molar-refractivity contribution in [2.75, 3.05) is 0 Å². The Kier molecular flexibility index (Phi) is 4.15. The van der Waals surface area contributed by atoms with Crippen LogP contribution in [0.5, 0.6) is 0 Å². The first-order valence-corrected chi connectivity index (χ1v) is 6.61. The molecule has 19 heavy (non-hydrogen) atoms. The second-order valence-corrected chi connectivity index (χ2v) is 5.22. The summed E-state index contributed by atoms with van der Waals surface area (Å²) in [6.07, 6.45) is 5.08. The second kappa shape index (κ2) is 5.82. The van der Waals surface area contributed by atoms with Crippen LogP contribution in [-0.4, -0.2) is 6.71 Å². The average molecular weight is 264 g/mol. The van der Waals surface area contributed by atoms with E-state index < -0.39 is 6.71 Å². The summed E-state index contributed by atoms with van der Waals surface area (Å²) >= 11 is 4.56. The van der Waals surface area contributed by atoms with Gasteiger partial charge in [-0.2, -0.15) is 0 Å². The normalized spacial score (nSPS) is 17.8. The van der Waals surface area contributed by atoms with Gasteiger partial charge in [0, 0.05) is 11.9 Å². The molecule has 0 spiro atoms. The van der Waals surface area contributed by atoms with Gasteiger partial charge >= 0.3 is 6.71 Å². The standard InChI is InChI=1S/C15H13BN2S/c1-11-6-7-13(15(19)8-11)12-4-2-3-5-14(12)16(9-17)10-18/h2-7,11,19H,8H2,1H3. The molecule has 1 aromatic rings. The number of nitrogens with zero attached hydrogens (tertiary/aromatic N) is 2. The van der Waals surface area contributed by atoms with Crippen LogP contribution >= 0.6 is 12.6 Å². The number of hydrogen-bond acceptors (Lipinski definition) is 3. The monoisotopic (exact) mass is 264 g/mol. The van der Waals surface area contributed by atoms with E-state index in [0.29, 0.717) is 5.92 Å². The highest BCUT2D eigenvalue weighted by atomic mass is 32.1. The topological polar surface area (TPSA) is 47.6 Å². The smallest absolute Gasteiger partial charge is 0.210 e. The van der Waals surface area contributed by atoms with Crippen molar-refractivity contribution < 1.29 is 0 Å². The lowest BCUT2D eigenvalue weighted by molar-refractivity contribution is 0.733. The summed E-state index contributed by atoms with van der Waals surface area (Å²) in [4.78, 5) is 1.01. The predicted molar refractivity (Wildman–Crippen MR) is 81.9 cm³/mol. The van der Waals surface area contributed by atoms with Gasteiger partial charge in [0.05, 0.1) is 0 Å². The van der Waals surface area contributed by atoms with Crippen LogP contribution in [0.2, 0.25) is 0 Å². The maximum absolute atomic E-state index is 9.08.